The largest absolute Gasteiger partial charge is 0.308 e. The quantitative estimate of drug-likeness (QED) is 0.860. The van der Waals surface area contributed by atoms with Crippen molar-refractivity contribution in [3.63, 3.8) is 0 Å². The zero-order valence-electron chi connectivity index (χ0n) is 11.7. The van der Waals surface area contributed by atoms with Crippen molar-refractivity contribution in [1.82, 2.24) is 10.3 Å². The Hall–Kier alpha value is -1.52. The Morgan fingerprint density at radius 3 is 2.76 bits per heavy atom. The topological polar surface area (TPSA) is 24.9 Å². The van der Waals surface area contributed by atoms with Crippen molar-refractivity contribution in [3.05, 3.63) is 64.4 Å². The predicted molar refractivity (Wildman–Crippen MR) is 80.3 cm³/mol. The molecule has 0 saturated carbocycles. The summed E-state index contributed by atoms with van der Waals surface area (Å²) in [7, 11) is 0. The van der Waals surface area contributed by atoms with Gasteiger partial charge in [-0.1, -0.05) is 24.6 Å². The van der Waals surface area contributed by atoms with E-state index in [1.165, 1.54) is 12.1 Å². The van der Waals surface area contributed by atoms with Crippen LogP contribution in [0.5, 0.6) is 0 Å². The van der Waals surface area contributed by atoms with Crippen LogP contribution in [0.2, 0.25) is 5.02 Å². The van der Waals surface area contributed by atoms with Crippen LogP contribution >= 0.6 is 11.6 Å². The lowest BCUT2D eigenvalue weighted by atomic mass is 10.0. The number of rotatable bonds is 6. The van der Waals surface area contributed by atoms with Crippen LogP contribution in [0.25, 0.3) is 0 Å². The minimum atomic E-state index is -0.579. The summed E-state index contributed by atoms with van der Waals surface area (Å²) in [6, 6.07) is 6.91. The molecule has 0 amide bonds. The minimum absolute atomic E-state index is 0.210. The number of pyridine rings is 1. The fraction of sp³-hybridized carbons (Fsp3) is 0.312. The van der Waals surface area contributed by atoms with Gasteiger partial charge >= 0.3 is 0 Å². The van der Waals surface area contributed by atoms with Crippen LogP contribution in [0, 0.1) is 11.6 Å². The molecule has 21 heavy (non-hydrogen) atoms. The van der Waals surface area contributed by atoms with Gasteiger partial charge < -0.3 is 5.32 Å². The first-order valence-corrected chi connectivity index (χ1v) is 7.27. The molecule has 2 rings (SSSR count). The van der Waals surface area contributed by atoms with Crippen LogP contribution in [0.4, 0.5) is 8.78 Å². The van der Waals surface area contributed by atoms with Crippen molar-refractivity contribution >= 4 is 11.6 Å². The highest BCUT2D eigenvalue weighted by atomic mass is 35.5. The monoisotopic (exact) mass is 310 g/mol. The Morgan fingerprint density at radius 1 is 1.29 bits per heavy atom. The predicted octanol–water partition coefficient (Wildman–Crippen LogP) is 4.30. The molecule has 0 aliphatic carbocycles. The molecule has 1 aromatic carbocycles. The van der Waals surface area contributed by atoms with E-state index in [0.29, 0.717) is 22.7 Å². The first-order chi connectivity index (χ1) is 10.1. The summed E-state index contributed by atoms with van der Waals surface area (Å²) < 4.78 is 26.8. The Balaban J connectivity index is 2.26. The maximum Gasteiger partial charge on any atom is 0.129 e. The molecule has 0 spiro atoms. The second kappa shape index (κ2) is 7.48. The number of halogens is 3. The molecule has 0 radical (unpaired) electrons. The van der Waals surface area contributed by atoms with Crippen LogP contribution in [-0.2, 0) is 6.42 Å². The van der Waals surface area contributed by atoms with E-state index in [1.54, 1.807) is 18.3 Å². The Kier molecular flexibility index (Phi) is 5.65. The number of nitrogens with one attached hydrogen (secondary N) is 1. The van der Waals surface area contributed by atoms with Gasteiger partial charge in [0, 0.05) is 12.3 Å². The molecule has 0 bridgehead atoms. The van der Waals surface area contributed by atoms with Crippen LogP contribution in [0.15, 0.2) is 36.5 Å². The molecular weight excluding hydrogens is 294 g/mol. The van der Waals surface area contributed by atoms with Gasteiger partial charge in [-0.05, 0) is 43.1 Å². The summed E-state index contributed by atoms with van der Waals surface area (Å²) in [6.45, 7) is 2.81. The third-order valence-corrected chi connectivity index (χ3v) is 3.52. The number of hydrogen-bond acceptors (Lipinski definition) is 2. The highest BCUT2D eigenvalue weighted by Crippen LogP contribution is 2.24. The van der Waals surface area contributed by atoms with Crippen molar-refractivity contribution < 1.29 is 8.78 Å². The first-order valence-electron chi connectivity index (χ1n) is 6.89. The molecule has 0 aliphatic rings. The maximum atomic E-state index is 13.8. The lowest BCUT2D eigenvalue weighted by Crippen LogP contribution is -2.25. The molecular formula is C16H17ClF2N2. The summed E-state index contributed by atoms with van der Waals surface area (Å²) in [5.41, 5.74) is 1.11. The van der Waals surface area contributed by atoms with Gasteiger partial charge in [-0.2, -0.15) is 0 Å². The SMILES string of the molecule is CCCNC(Cc1ccc(F)cc1F)c1ncccc1Cl. The molecule has 0 aliphatic heterocycles. The van der Waals surface area contributed by atoms with Gasteiger partial charge in [-0.3, -0.25) is 4.98 Å². The van der Waals surface area contributed by atoms with Crippen LogP contribution in [0.1, 0.15) is 30.6 Å². The molecule has 0 saturated heterocycles. The third kappa shape index (κ3) is 4.22. The molecule has 5 heteroatoms. The van der Waals surface area contributed by atoms with E-state index in [0.717, 1.165) is 19.0 Å². The Labute approximate surface area is 128 Å². The van der Waals surface area contributed by atoms with Crippen molar-refractivity contribution in [1.29, 1.82) is 0 Å². The number of aromatic nitrogens is 1. The van der Waals surface area contributed by atoms with Gasteiger partial charge in [-0.25, -0.2) is 8.78 Å². The highest BCUT2D eigenvalue weighted by molar-refractivity contribution is 6.31. The molecule has 1 atom stereocenters. The van der Waals surface area contributed by atoms with Gasteiger partial charge in [0.2, 0.25) is 0 Å². The average Bonchev–Trinajstić information content (AvgIpc) is 2.46. The summed E-state index contributed by atoms with van der Waals surface area (Å²) in [6.07, 6.45) is 2.96. The summed E-state index contributed by atoms with van der Waals surface area (Å²) in [5.74, 6) is -1.13. The minimum Gasteiger partial charge on any atom is -0.308 e. The molecule has 1 heterocycles. The van der Waals surface area contributed by atoms with Gasteiger partial charge in [-0.15, -0.1) is 0 Å². The summed E-state index contributed by atoms with van der Waals surface area (Å²) in [5, 5.41) is 3.85. The summed E-state index contributed by atoms with van der Waals surface area (Å²) in [4.78, 5) is 4.28. The molecule has 1 aromatic heterocycles. The molecule has 0 fully saturated rings. The standard InChI is InChI=1S/C16H17ClF2N2/c1-2-7-20-15(16-13(17)4-3-8-21-16)9-11-5-6-12(18)10-14(11)19/h3-6,8,10,15,20H,2,7,9H2,1H3. The maximum absolute atomic E-state index is 13.8. The van der Waals surface area contributed by atoms with Crippen LogP contribution < -0.4 is 5.32 Å². The molecule has 1 unspecified atom stereocenters. The zero-order chi connectivity index (χ0) is 15.2. The highest BCUT2D eigenvalue weighted by Gasteiger charge is 2.18. The van der Waals surface area contributed by atoms with Gasteiger partial charge in [0.15, 0.2) is 0 Å². The van der Waals surface area contributed by atoms with E-state index < -0.39 is 11.6 Å². The fourth-order valence-electron chi connectivity index (χ4n) is 2.15. The third-order valence-electron chi connectivity index (χ3n) is 3.20. The van der Waals surface area contributed by atoms with E-state index in [2.05, 4.69) is 10.3 Å². The van der Waals surface area contributed by atoms with Crippen LogP contribution in [-0.4, -0.2) is 11.5 Å². The second-order valence-electron chi connectivity index (χ2n) is 4.82. The van der Waals surface area contributed by atoms with E-state index in [-0.39, 0.29) is 6.04 Å². The molecule has 1 N–H and O–H groups in total. The van der Waals surface area contributed by atoms with E-state index in [4.69, 9.17) is 11.6 Å². The number of nitrogens with zero attached hydrogens (tertiary/aromatic N) is 1. The lowest BCUT2D eigenvalue weighted by molar-refractivity contribution is 0.500. The average molecular weight is 311 g/mol. The second-order valence-corrected chi connectivity index (χ2v) is 5.22. The van der Waals surface area contributed by atoms with Gasteiger partial charge in [0.25, 0.3) is 0 Å². The summed E-state index contributed by atoms with van der Waals surface area (Å²) >= 11 is 6.17. The number of benzene rings is 1. The van der Waals surface area contributed by atoms with Crippen LogP contribution in [0.3, 0.4) is 0 Å². The Morgan fingerprint density at radius 2 is 2.10 bits per heavy atom. The van der Waals surface area contributed by atoms with E-state index in [9.17, 15) is 8.78 Å². The van der Waals surface area contributed by atoms with Crippen molar-refractivity contribution in [2.24, 2.45) is 0 Å². The molecule has 112 valence electrons. The lowest BCUT2D eigenvalue weighted by Gasteiger charge is -2.19. The van der Waals surface area contributed by atoms with Crippen molar-refractivity contribution in [3.8, 4) is 0 Å². The van der Waals surface area contributed by atoms with Crippen molar-refractivity contribution in [2.45, 2.75) is 25.8 Å². The van der Waals surface area contributed by atoms with E-state index in [1.807, 2.05) is 6.92 Å². The van der Waals surface area contributed by atoms with Gasteiger partial charge in [0.05, 0.1) is 16.8 Å². The van der Waals surface area contributed by atoms with E-state index >= 15 is 0 Å². The molecule has 2 aromatic rings. The smallest absolute Gasteiger partial charge is 0.129 e. The van der Waals surface area contributed by atoms with Gasteiger partial charge in [0.1, 0.15) is 11.6 Å². The normalized spacial score (nSPS) is 12.4. The molecule has 2 nitrogen and oxygen atoms in total. The van der Waals surface area contributed by atoms with Crippen molar-refractivity contribution in [2.75, 3.05) is 6.54 Å². The Bertz CT molecular complexity index is 605. The zero-order valence-corrected chi connectivity index (χ0v) is 12.5. The first kappa shape index (κ1) is 15.9. The fourth-order valence-corrected chi connectivity index (χ4v) is 2.40. The number of hydrogen-bond donors (Lipinski definition) is 1.